The van der Waals surface area contributed by atoms with Gasteiger partial charge in [0.15, 0.2) is 5.75 Å². The van der Waals surface area contributed by atoms with Crippen molar-refractivity contribution >= 4 is 0 Å². The van der Waals surface area contributed by atoms with Crippen LogP contribution in [0, 0.1) is 0 Å². The van der Waals surface area contributed by atoms with Crippen LogP contribution in [0.5, 0.6) is 11.5 Å². The van der Waals surface area contributed by atoms with Gasteiger partial charge < -0.3 is 15.2 Å². The molecule has 21 heavy (non-hydrogen) atoms. The number of hydrogen-bond donors (Lipinski definition) is 1. The Morgan fingerprint density at radius 3 is 2.81 bits per heavy atom. The first-order chi connectivity index (χ1) is 10.2. The Bertz CT molecular complexity index is 559. The van der Waals surface area contributed by atoms with Crippen LogP contribution in [0.3, 0.4) is 0 Å². The van der Waals surface area contributed by atoms with Crippen molar-refractivity contribution in [3.05, 3.63) is 41.7 Å². The van der Waals surface area contributed by atoms with E-state index < -0.39 is 0 Å². The van der Waals surface area contributed by atoms with E-state index in [-0.39, 0.29) is 6.04 Å². The second-order valence-corrected chi connectivity index (χ2v) is 4.81. The predicted octanol–water partition coefficient (Wildman–Crippen LogP) is 2.75. The summed E-state index contributed by atoms with van der Waals surface area (Å²) in [4.78, 5) is 0. The van der Waals surface area contributed by atoms with Gasteiger partial charge >= 0.3 is 0 Å². The summed E-state index contributed by atoms with van der Waals surface area (Å²) < 4.78 is 12.9. The maximum absolute atomic E-state index is 6.41. The second-order valence-electron chi connectivity index (χ2n) is 4.81. The van der Waals surface area contributed by atoms with Gasteiger partial charge in [-0.25, -0.2) is 0 Å². The first-order valence-corrected chi connectivity index (χ1v) is 7.29. The number of rotatable bonds is 7. The summed E-state index contributed by atoms with van der Waals surface area (Å²) in [5.41, 5.74) is 8.28. The third-order valence-corrected chi connectivity index (χ3v) is 3.35. The van der Waals surface area contributed by atoms with Crippen LogP contribution in [0.25, 0.3) is 0 Å². The summed E-state index contributed by atoms with van der Waals surface area (Å²) in [5, 5.41) is 4.30. The zero-order valence-corrected chi connectivity index (χ0v) is 12.9. The molecule has 0 radical (unpaired) electrons. The number of hydrogen-bond acceptors (Lipinski definition) is 4. The highest BCUT2D eigenvalue weighted by atomic mass is 16.5. The van der Waals surface area contributed by atoms with E-state index in [1.165, 1.54) is 0 Å². The number of aryl methyl sites for hydroxylation is 1. The Morgan fingerprint density at radius 2 is 2.14 bits per heavy atom. The quantitative estimate of drug-likeness (QED) is 0.851. The Labute approximate surface area is 125 Å². The molecule has 1 aromatic carbocycles. The highest BCUT2D eigenvalue weighted by Crippen LogP contribution is 2.29. The van der Waals surface area contributed by atoms with Crippen LogP contribution in [0.1, 0.15) is 37.6 Å². The Balaban J connectivity index is 2.31. The molecule has 0 bridgehead atoms. The largest absolute Gasteiger partial charge is 0.494 e. The zero-order valence-electron chi connectivity index (χ0n) is 12.9. The van der Waals surface area contributed by atoms with Crippen molar-refractivity contribution < 1.29 is 9.47 Å². The van der Waals surface area contributed by atoms with Crippen LogP contribution < -0.4 is 15.2 Å². The monoisotopic (exact) mass is 289 g/mol. The van der Waals surface area contributed by atoms with Gasteiger partial charge in [-0.15, -0.1) is 0 Å². The summed E-state index contributed by atoms with van der Waals surface area (Å²) in [7, 11) is 1.63. The molecule has 2 rings (SSSR count). The Hall–Kier alpha value is -2.01. The SMILES string of the molecule is CCCOc1cccc(C(N)c2c(OC)cnn2CC)c1. The average Bonchev–Trinajstić information content (AvgIpc) is 2.95. The van der Waals surface area contributed by atoms with Crippen LogP contribution in [0.2, 0.25) is 0 Å². The van der Waals surface area contributed by atoms with E-state index in [4.69, 9.17) is 15.2 Å². The normalized spacial score (nSPS) is 12.2. The van der Waals surface area contributed by atoms with Crippen molar-refractivity contribution in [2.75, 3.05) is 13.7 Å². The zero-order chi connectivity index (χ0) is 15.2. The first-order valence-electron chi connectivity index (χ1n) is 7.29. The van der Waals surface area contributed by atoms with E-state index in [1.807, 2.05) is 35.9 Å². The van der Waals surface area contributed by atoms with Crippen molar-refractivity contribution in [3.8, 4) is 11.5 Å². The molecule has 1 atom stereocenters. The van der Waals surface area contributed by atoms with Gasteiger partial charge in [-0.3, -0.25) is 4.68 Å². The van der Waals surface area contributed by atoms with Gasteiger partial charge in [-0.05, 0) is 31.0 Å². The molecule has 5 heteroatoms. The number of ether oxygens (including phenoxy) is 2. The van der Waals surface area contributed by atoms with E-state index in [0.717, 1.165) is 30.0 Å². The average molecular weight is 289 g/mol. The molecule has 5 nitrogen and oxygen atoms in total. The van der Waals surface area contributed by atoms with Crippen molar-refractivity contribution in [2.45, 2.75) is 32.9 Å². The molecule has 0 amide bonds. The van der Waals surface area contributed by atoms with Crippen molar-refractivity contribution in [3.63, 3.8) is 0 Å². The van der Waals surface area contributed by atoms with Gasteiger partial charge in [0.25, 0.3) is 0 Å². The fourth-order valence-corrected chi connectivity index (χ4v) is 2.28. The van der Waals surface area contributed by atoms with Crippen LogP contribution in [-0.4, -0.2) is 23.5 Å². The lowest BCUT2D eigenvalue weighted by Crippen LogP contribution is -2.18. The third kappa shape index (κ3) is 3.36. The minimum Gasteiger partial charge on any atom is -0.494 e. The summed E-state index contributed by atoms with van der Waals surface area (Å²) in [6, 6.07) is 7.58. The Kier molecular flexibility index (Phi) is 5.22. The molecule has 2 aromatic rings. The number of aromatic nitrogens is 2. The van der Waals surface area contributed by atoms with Crippen LogP contribution in [-0.2, 0) is 6.54 Å². The lowest BCUT2D eigenvalue weighted by molar-refractivity contribution is 0.317. The summed E-state index contributed by atoms with van der Waals surface area (Å²) in [6.45, 7) is 5.57. The topological polar surface area (TPSA) is 62.3 Å². The van der Waals surface area contributed by atoms with Gasteiger partial charge in [0, 0.05) is 6.54 Å². The molecular weight excluding hydrogens is 266 g/mol. The van der Waals surface area contributed by atoms with E-state index in [0.29, 0.717) is 12.4 Å². The van der Waals surface area contributed by atoms with Crippen molar-refractivity contribution in [2.24, 2.45) is 5.73 Å². The van der Waals surface area contributed by atoms with Gasteiger partial charge in [-0.2, -0.15) is 5.10 Å². The standard InChI is InChI=1S/C16H23N3O2/c1-4-9-21-13-8-6-7-12(10-13)15(17)16-14(20-3)11-18-19(16)5-2/h6-8,10-11,15H,4-5,9,17H2,1-3H3. The number of nitrogens with zero attached hydrogens (tertiary/aromatic N) is 2. The minimum atomic E-state index is -0.299. The third-order valence-electron chi connectivity index (χ3n) is 3.35. The Morgan fingerprint density at radius 1 is 1.33 bits per heavy atom. The molecule has 1 unspecified atom stereocenters. The van der Waals surface area contributed by atoms with E-state index in [2.05, 4.69) is 12.0 Å². The van der Waals surface area contributed by atoms with E-state index >= 15 is 0 Å². The second kappa shape index (κ2) is 7.13. The summed E-state index contributed by atoms with van der Waals surface area (Å²) in [5.74, 6) is 1.55. The molecule has 0 fully saturated rings. The van der Waals surface area contributed by atoms with Crippen molar-refractivity contribution in [1.29, 1.82) is 0 Å². The lowest BCUT2D eigenvalue weighted by Gasteiger charge is -2.16. The fraction of sp³-hybridized carbons (Fsp3) is 0.438. The number of methoxy groups -OCH3 is 1. The molecule has 1 aromatic heterocycles. The van der Waals surface area contributed by atoms with Gasteiger partial charge in [0.2, 0.25) is 0 Å². The molecular formula is C16H23N3O2. The first kappa shape index (κ1) is 15.4. The number of nitrogens with two attached hydrogens (primary N) is 1. The molecule has 0 aliphatic rings. The van der Waals surface area contributed by atoms with E-state index in [9.17, 15) is 0 Å². The van der Waals surface area contributed by atoms with Crippen molar-refractivity contribution in [1.82, 2.24) is 9.78 Å². The fourth-order valence-electron chi connectivity index (χ4n) is 2.28. The molecule has 114 valence electrons. The van der Waals surface area contributed by atoms with E-state index in [1.54, 1.807) is 13.3 Å². The molecule has 1 heterocycles. The minimum absolute atomic E-state index is 0.299. The molecule has 0 aliphatic carbocycles. The smallest absolute Gasteiger partial charge is 0.161 e. The molecule has 0 aliphatic heterocycles. The highest BCUT2D eigenvalue weighted by molar-refractivity contribution is 5.39. The van der Waals surface area contributed by atoms with Gasteiger partial charge in [-0.1, -0.05) is 19.1 Å². The van der Waals surface area contributed by atoms with Crippen LogP contribution in [0.15, 0.2) is 30.5 Å². The lowest BCUT2D eigenvalue weighted by atomic mass is 10.0. The molecule has 2 N–H and O–H groups in total. The molecule has 0 saturated heterocycles. The predicted molar refractivity (Wildman–Crippen MR) is 82.7 cm³/mol. The van der Waals surface area contributed by atoms with Crippen LogP contribution >= 0.6 is 0 Å². The van der Waals surface area contributed by atoms with Crippen LogP contribution in [0.4, 0.5) is 0 Å². The maximum atomic E-state index is 6.41. The summed E-state index contributed by atoms with van der Waals surface area (Å²) >= 11 is 0. The van der Waals surface area contributed by atoms with Gasteiger partial charge in [0.1, 0.15) is 11.4 Å². The maximum Gasteiger partial charge on any atom is 0.161 e. The molecule has 0 saturated carbocycles. The number of benzene rings is 1. The van der Waals surface area contributed by atoms with Gasteiger partial charge in [0.05, 0.1) is 26.0 Å². The molecule has 0 spiro atoms. The highest BCUT2D eigenvalue weighted by Gasteiger charge is 2.20. The summed E-state index contributed by atoms with van der Waals surface area (Å²) in [6.07, 6.45) is 2.68.